The lowest BCUT2D eigenvalue weighted by Crippen LogP contribution is -1.85. The molecule has 0 radical (unpaired) electrons. The quantitative estimate of drug-likeness (QED) is 0.221. The van der Waals surface area contributed by atoms with E-state index in [4.69, 9.17) is 29.9 Å². The minimum Gasteiger partial charge on any atom is -0.457 e. The summed E-state index contributed by atoms with van der Waals surface area (Å²) in [5.74, 6) is 1.74. The zero-order valence-electron chi connectivity index (χ0n) is 34.0. The number of rotatable bonds is 6. The minimum atomic E-state index is -0.125. The van der Waals surface area contributed by atoms with Gasteiger partial charge in [-0.25, -0.2) is 0 Å². The molecule has 2 aromatic carbocycles. The van der Waals surface area contributed by atoms with Crippen LogP contribution in [-0.2, 0) is 4.74 Å². The van der Waals surface area contributed by atoms with Gasteiger partial charge in [0.05, 0.1) is 26.4 Å². The van der Waals surface area contributed by atoms with Crippen molar-refractivity contribution in [2.75, 3.05) is 39.6 Å². The zero-order valence-corrected chi connectivity index (χ0v) is 34.0. The Morgan fingerprint density at radius 3 is 0.577 bits per heavy atom. The molecule has 2 rings (SSSR count). The highest BCUT2D eigenvalue weighted by Crippen LogP contribution is 2.19. The van der Waals surface area contributed by atoms with E-state index in [1.165, 1.54) is 0 Å². The second-order valence-electron chi connectivity index (χ2n) is 4.40. The number of hydrogen-bond donors (Lipinski definition) is 4. The third kappa shape index (κ3) is 244. The maximum Gasteiger partial charge on any atom is 0.127 e. The molecule has 0 amide bonds. The average molecular weight is 733 g/mol. The van der Waals surface area contributed by atoms with E-state index in [0.717, 1.165) is 24.7 Å². The highest BCUT2D eigenvalue weighted by molar-refractivity contribution is 5.30. The van der Waals surface area contributed by atoms with E-state index in [9.17, 15) is 0 Å². The molecule has 0 atom stereocenters. The van der Waals surface area contributed by atoms with Gasteiger partial charge in [-0.2, -0.15) is 0 Å². The fourth-order valence-electron chi connectivity index (χ4n) is 1.32. The van der Waals surface area contributed by atoms with Crippen LogP contribution in [0.3, 0.4) is 0 Å². The Balaban J connectivity index is -0.0000000236. The van der Waals surface area contributed by atoms with Crippen LogP contribution in [0.25, 0.3) is 0 Å². The number of aliphatic hydroxyl groups excluding tert-OH is 4. The monoisotopic (exact) mass is 733 g/mol. The lowest BCUT2D eigenvalue weighted by molar-refractivity contribution is 0.162. The van der Waals surface area contributed by atoms with Gasteiger partial charge in [0.25, 0.3) is 0 Å². The smallest absolute Gasteiger partial charge is 0.127 e. The number of benzene rings is 2. The standard InChI is InChI=1S/C12H10O.C4H10O.2C2H6O2.13C2H4/c1-3-7-11(8-4-1)13-12-9-5-2-6-10-12;1-3-5-4-2;2*3-1-2-4;13*1-2/h1-10H;3-4H2,1-2H3;2*3-4H,1-2H2;13*1-2H2. The minimum absolute atomic E-state index is 0.125. The molecule has 0 aliphatic rings. The van der Waals surface area contributed by atoms with Crippen molar-refractivity contribution >= 4 is 0 Å². The van der Waals surface area contributed by atoms with Gasteiger partial charge in [-0.05, 0) is 38.1 Å². The first-order valence-corrected chi connectivity index (χ1v) is 15.0. The lowest BCUT2D eigenvalue weighted by atomic mass is 10.3. The van der Waals surface area contributed by atoms with E-state index in [-0.39, 0.29) is 26.4 Å². The summed E-state index contributed by atoms with van der Waals surface area (Å²) >= 11 is 0. The van der Waals surface area contributed by atoms with Crippen molar-refractivity contribution in [2.24, 2.45) is 0 Å². The number of aliphatic hydroxyl groups is 4. The fourth-order valence-corrected chi connectivity index (χ4v) is 1.32. The van der Waals surface area contributed by atoms with Crippen molar-refractivity contribution in [3.8, 4) is 11.5 Å². The van der Waals surface area contributed by atoms with Crippen molar-refractivity contribution in [2.45, 2.75) is 13.8 Å². The van der Waals surface area contributed by atoms with Crippen molar-refractivity contribution in [1.29, 1.82) is 0 Å². The summed E-state index contributed by atoms with van der Waals surface area (Å²) in [7, 11) is 0. The molecule has 52 heavy (non-hydrogen) atoms. The molecule has 0 spiro atoms. The first-order chi connectivity index (χ1) is 25.7. The zero-order chi connectivity index (χ0) is 45.9. The third-order valence-electron chi connectivity index (χ3n) is 2.33. The Bertz CT molecular complexity index is 561. The Morgan fingerprint density at radius 2 is 0.481 bits per heavy atom. The van der Waals surface area contributed by atoms with Crippen LogP contribution in [0.1, 0.15) is 13.8 Å². The summed E-state index contributed by atoms with van der Waals surface area (Å²) in [6.45, 7) is 83.2. The highest BCUT2D eigenvalue weighted by Gasteiger charge is 1.92. The molecule has 0 unspecified atom stereocenters. The number of para-hydroxylation sites is 2. The van der Waals surface area contributed by atoms with E-state index >= 15 is 0 Å². The summed E-state index contributed by atoms with van der Waals surface area (Å²) in [5.41, 5.74) is 0. The lowest BCUT2D eigenvalue weighted by Gasteiger charge is -2.03. The molecule has 0 saturated carbocycles. The molecular weight excluding hydrogens is 649 g/mol. The summed E-state index contributed by atoms with van der Waals surface area (Å²) in [6, 6.07) is 19.5. The van der Waals surface area contributed by atoms with E-state index < -0.39 is 0 Å². The van der Waals surface area contributed by atoms with Crippen molar-refractivity contribution in [3.63, 3.8) is 0 Å². The molecule has 6 heteroatoms. The number of hydrogen-bond acceptors (Lipinski definition) is 6. The van der Waals surface area contributed by atoms with Crippen molar-refractivity contribution < 1.29 is 29.9 Å². The predicted octanol–water partition coefficient (Wildman–Crippen LogP) is 12.9. The van der Waals surface area contributed by atoms with Crippen molar-refractivity contribution in [3.05, 3.63) is 232 Å². The van der Waals surface area contributed by atoms with Crippen LogP contribution in [-0.4, -0.2) is 60.1 Å². The van der Waals surface area contributed by atoms with Gasteiger partial charge in [-0.1, -0.05) is 36.4 Å². The molecule has 0 aliphatic heterocycles. The molecule has 2 aromatic rings. The van der Waals surface area contributed by atoms with Gasteiger partial charge in [0.15, 0.2) is 0 Å². The fraction of sp³-hybridized carbons (Fsp3) is 0.174. The van der Waals surface area contributed by atoms with Crippen LogP contribution >= 0.6 is 0 Å². The summed E-state index contributed by atoms with van der Waals surface area (Å²) in [4.78, 5) is 0. The second-order valence-corrected chi connectivity index (χ2v) is 4.40. The molecule has 0 bridgehead atoms. The van der Waals surface area contributed by atoms with Crippen LogP contribution in [0, 0.1) is 0 Å². The third-order valence-corrected chi connectivity index (χ3v) is 2.33. The highest BCUT2D eigenvalue weighted by atomic mass is 16.5. The summed E-state index contributed by atoms with van der Waals surface area (Å²) < 4.78 is 10.4. The van der Waals surface area contributed by atoms with Crippen LogP contribution in [0.4, 0.5) is 0 Å². The van der Waals surface area contributed by atoms with E-state index in [1.54, 1.807) is 0 Å². The number of ether oxygens (including phenoxy) is 2. The van der Waals surface area contributed by atoms with Crippen LogP contribution in [0.5, 0.6) is 11.5 Å². The Kier molecular flexibility index (Phi) is 488. The SMILES string of the molecule is C=C.C=C.C=C.C=C.C=C.C=C.C=C.C=C.C=C.C=C.C=C.C=C.C=C.CCOCC.OCCO.OCCO.c1ccc(Oc2ccccc2)cc1. The molecule has 0 fully saturated rings. The molecule has 304 valence electrons. The van der Waals surface area contributed by atoms with Gasteiger partial charge >= 0.3 is 0 Å². The largest absolute Gasteiger partial charge is 0.457 e. The van der Waals surface area contributed by atoms with Crippen LogP contribution in [0.2, 0.25) is 0 Å². The molecular formula is C46H84O6. The normalized spacial score (nSPS) is 5.35. The van der Waals surface area contributed by atoms with Gasteiger partial charge in [0.2, 0.25) is 0 Å². The van der Waals surface area contributed by atoms with Crippen LogP contribution in [0.15, 0.2) is 232 Å². The molecule has 0 aromatic heterocycles. The second kappa shape index (κ2) is 262. The van der Waals surface area contributed by atoms with Gasteiger partial charge < -0.3 is 29.9 Å². The topological polar surface area (TPSA) is 99.4 Å². The Labute approximate surface area is 325 Å². The maximum atomic E-state index is 7.62. The van der Waals surface area contributed by atoms with Gasteiger partial charge in [0.1, 0.15) is 11.5 Å². The Morgan fingerprint density at radius 1 is 0.327 bits per heavy atom. The summed E-state index contributed by atoms with van der Waals surface area (Å²) in [6.07, 6.45) is 0. The van der Waals surface area contributed by atoms with Crippen LogP contribution < -0.4 is 4.74 Å². The Hall–Kier alpha value is -5.34. The predicted molar refractivity (Wildman–Crippen MR) is 250 cm³/mol. The molecule has 6 nitrogen and oxygen atoms in total. The van der Waals surface area contributed by atoms with E-state index in [1.807, 2.05) is 74.5 Å². The molecule has 0 saturated heterocycles. The molecule has 0 aliphatic carbocycles. The first kappa shape index (κ1) is 97.0. The van der Waals surface area contributed by atoms with E-state index in [2.05, 4.69) is 171 Å². The van der Waals surface area contributed by atoms with E-state index in [0.29, 0.717) is 0 Å². The average Bonchev–Trinajstić information content (AvgIpc) is 3.31. The molecule has 0 heterocycles. The maximum absolute atomic E-state index is 7.62. The van der Waals surface area contributed by atoms with Gasteiger partial charge in [-0.3, -0.25) is 0 Å². The van der Waals surface area contributed by atoms with Gasteiger partial charge in [-0.15, -0.1) is 171 Å². The summed E-state index contributed by atoms with van der Waals surface area (Å²) in [5, 5.41) is 30.5. The molecule has 4 N–H and O–H groups in total. The first-order valence-electron chi connectivity index (χ1n) is 15.0. The van der Waals surface area contributed by atoms with Gasteiger partial charge in [0, 0.05) is 13.2 Å². The van der Waals surface area contributed by atoms with Crippen molar-refractivity contribution in [1.82, 2.24) is 0 Å².